The van der Waals surface area contributed by atoms with E-state index < -0.39 is 41.1 Å². The van der Waals surface area contributed by atoms with Crippen molar-refractivity contribution in [1.82, 2.24) is 4.98 Å². The summed E-state index contributed by atoms with van der Waals surface area (Å²) < 4.78 is 48.0. The Hall–Kier alpha value is -4.88. The van der Waals surface area contributed by atoms with E-state index in [0.29, 0.717) is 22.9 Å². The molecule has 0 unspecified atom stereocenters. The highest BCUT2D eigenvalue weighted by molar-refractivity contribution is 8.00. The molecular weight excluding hydrogens is 700 g/mol. The van der Waals surface area contributed by atoms with E-state index in [0.717, 1.165) is 43.5 Å². The summed E-state index contributed by atoms with van der Waals surface area (Å²) in [5.74, 6) is -3.62. The monoisotopic (exact) mass is 727 g/mol. The zero-order valence-corrected chi connectivity index (χ0v) is 28.2. The van der Waals surface area contributed by atoms with Gasteiger partial charge in [0.15, 0.2) is 6.61 Å². The van der Waals surface area contributed by atoms with Crippen molar-refractivity contribution >= 4 is 63.0 Å². The molecule has 2 aliphatic carbocycles. The number of fused-ring (bicyclic) bond motifs is 10. The van der Waals surface area contributed by atoms with E-state index in [9.17, 15) is 32.3 Å². The van der Waals surface area contributed by atoms with Gasteiger partial charge in [-0.2, -0.15) is 13.2 Å². The van der Waals surface area contributed by atoms with Gasteiger partial charge in [-0.1, -0.05) is 72.0 Å². The minimum Gasteiger partial charge on any atom is -0.484 e. The number of halogens is 3. The standard InChI is InChI=1S/C38H28F3N3O5S2/c39-38(40,41)24-12-3-4-14-26(24)44-35(46)30-22-16-23(31(30)36(44)47)32-29(22)28(33-34(50-32)43-37(48)51-33)19-9-5-10-20(15-19)49-17-27(45)42-25-13-6-8-18-7-1-2-11-21(18)25/h1-15,22-23,28-32H,16-17H2,(H,42,45)(H,43,48)/t22-,23-,28+,29-,30+,31+,32-/m1/s1. The van der Waals surface area contributed by atoms with Gasteiger partial charge in [0.1, 0.15) is 5.75 Å². The Morgan fingerprint density at radius 2 is 1.63 bits per heavy atom. The molecule has 9 rings (SSSR count). The fourth-order valence-corrected chi connectivity index (χ4v) is 11.9. The summed E-state index contributed by atoms with van der Waals surface area (Å²) in [6.45, 7) is -0.248. The molecule has 5 aromatic rings. The number of thiazole rings is 1. The van der Waals surface area contributed by atoms with E-state index in [1.807, 2.05) is 60.7 Å². The quantitative estimate of drug-likeness (QED) is 0.178. The maximum Gasteiger partial charge on any atom is 0.418 e. The molecule has 0 radical (unpaired) electrons. The number of anilines is 2. The van der Waals surface area contributed by atoms with Crippen LogP contribution in [-0.4, -0.2) is 34.6 Å². The molecule has 1 aromatic heterocycles. The zero-order chi connectivity index (χ0) is 35.2. The number of H-pyrrole nitrogens is 1. The predicted octanol–water partition coefficient (Wildman–Crippen LogP) is 7.30. The molecule has 7 atom stereocenters. The highest BCUT2D eigenvalue weighted by Gasteiger charge is 2.70. The second-order valence-electron chi connectivity index (χ2n) is 13.4. The normalized spacial score (nSPS) is 26.3. The molecule has 2 N–H and O–H groups in total. The number of para-hydroxylation sites is 1. The first kappa shape index (κ1) is 32.1. The number of alkyl halides is 3. The molecule has 3 fully saturated rings. The van der Waals surface area contributed by atoms with Crippen LogP contribution >= 0.6 is 23.1 Å². The highest BCUT2D eigenvalue weighted by Crippen LogP contribution is 2.69. The van der Waals surface area contributed by atoms with Crippen LogP contribution in [0.1, 0.15) is 28.3 Å². The summed E-state index contributed by atoms with van der Waals surface area (Å²) in [7, 11) is 0. The minimum absolute atomic E-state index is 0.149. The number of hydrogen-bond acceptors (Lipinski definition) is 7. The van der Waals surface area contributed by atoms with E-state index in [-0.39, 0.29) is 46.3 Å². The molecule has 3 heterocycles. The first-order chi connectivity index (χ1) is 24.6. The van der Waals surface area contributed by atoms with Crippen LogP contribution < -0.4 is 19.8 Å². The van der Waals surface area contributed by atoms with Crippen LogP contribution in [0.25, 0.3) is 10.8 Å². The summed E-state index contributed by atoms with van der Waals surface area (Å²) in [6.07, 6.45) is -4.16. The number of ether oxygens (including phenoxy) is 1. The number of aromatic nitrogens is 1. The van der Waals surface area contributed by atoms with Gasteiger partial charge in [-0.05, 0) is 65.5 Å². The van der Waals surface area contributed by atoms with Gasteiger partial charge in [-0.25, -0.2) is 4.90 Å². The zero-order valence-electron chi connectivity index (χ0n) is 26.6. The molecule has 258 valence electrons. The third kappa shape index (κ3) is 5.11. The summed E-state index contributed by atoms with van der Waals surface area (Å²) in [6, 6.07) is 25.4. The minimum atomic E-state index is -4.74. The van der Waals surface area contributed by atoms with Crippen molar-refractivity contribution < 1.29 is 32.3 Å². The van der Waals surface area contributed by atoms with Crippen LogP contribution in [0.3, 0.4) is 0 Å². The van der Waals surface area contributed by atoms with E-state index in [1.165, 1.54) is 30.0 Å². The number of nitrogens with zero attached hydrogens (tertiary/aromatic N) is 1. The molecule has 4 aromatic carbocycles. The van der Waals surface area contributed by atoms with Crippen LogP contribution in [0.4, 0.5) is 24.5 Å². The van der Waals surface area contributed by atoms with Crippen LogP contribution in [0.15, 0.2) is 101 Å². The maximum atomic E-state index is 14.1. The average Bonchev–Trinajstić information content (AvgIpc) is 3.86. The van der Waals surface area contributed by atoms with Gasteiger partial charge >= 0.3 is 11.0 Å². The summed E-state index contributed by atoms with van der Waals surface area (Å²) in [5.41, 5.74) is 0.0461. The van der Waals surface area contributed by atoms with Gasteiger partial charge < -0.3 is 15.0 Å². The number of thioether (sulfide) groups is 1. The molecule has 1 saturated heterocycles. The third-order valence-corrected chi connectivity index (χ3v) is 13.4. The van der Waals surface area contributed by atoms with Gasteiger partial charge in [-0.3, -0.25) is 19.2 Å². The molecule has 2 bridgehead atoms. The van der Waals surface area contributed by atoms with Gasteiger partial charge in [0.05, 0.1) is 28.1 Å². The van der Waals surface area contributed by atoms with Crippen LogP contribution in [0, 0.1) is 29.6 Å². The van der Waals surface area contributed by atoms with Crippen LogP contribution in [0.2, 0.25) is 0 Å². The number of aromatic amines is 1. The number of rotatable bonds is 6. The van der Waals surface area contributed by atoms with Crippen molar-refractivity contribution in [2.24, 2.45) is 29.6 Å². The molecule has 51 heavy (non-hydrogen) atoms. The molecule has 4 aliphatic rings. The van der Waals surface area contributed by atoms with Gasteiger partial charge in [0, 0.05) is 27.1 Å². The van der Waals surface area contributed by atoms with Crippen molar-refractivity contribution in [2.45, 2.75) is 28.8 Å². The molecule has 2 aliphatic heterocycles. The lowest BCUT2D eigenvalue weighted by Crippen LogP contribution is -2.42. The number of nitrogens with one attached hydrogen (secondary N) is 2. The van der Waals surface area contributed by atoms with E-state index >= 15 is 0 Å². The lowest BCUT2D eigenvalue weighted by Gasteiger charge is -2.43. The topological polar surface area (TPSA) is 109 Å². The number of carbonyl (C=O) groups excluding carboxylic acids is 3. The largest absolute Gasteiger partial charge is 0.484 e. The smallest absolute Gasteiger partial charge is 0.418 e. The summed E-state index contributed by atoms with van der Waals surface area (Å²) in [4.78, 5) is 58.0. The Morgan fingerprint density at radius 1 is 0.902 bits per heavy atom. The summed E-state index contributed by atoms with van der Waals surface area (Å²) in [5, 5.41) is 5.38. The van der Waals surface area contributed by atoms with Gasteiger partial charge in [0.2, 0.25) is 11.8 Å². The Balaban J connectivity index is 1.01. The lowest BCUT2D eigenvalue weighted by molar-refractivity contribution is -0.137. The molecule has 2 saturated carbocycles. The van der Waals surface area contributed by atoms with E-state index in [2.05, 4.69) is 10.3 Å². The molecule has 13 heteroatoms. The molecular formula is C38H28F3N3O5S2. The second kappa shape index (κ2) is 11.8. The SMILES string of the molecule is O=C(COc1cccc([C@@H]2c3sc(=O)[nH]c3S[C@@H]3[C@@H]4C[C@@H]([C@@H]5C(=O)N(c6ccccc6C(F)(F)F)C(=O)[C@@H]45)[C@H]23)c1)Nc1cccc2ccccc12. The van der Waals surface area contributed by atoms with Crippen molar-refractivity contribution in [3.8, 4) is 5.75 Å². The van der Waals surface area contributed by atoms with Gasteiger partial charge in [-0.15, -0.1) is 11.8 Å². The van der Waals surface area contributed by atoms with Crippen molar-refractivity contribution in [3.63, 3.8) is 0 Å². The predicted molar refractivity (Wildman–Crippen MR) is 187 cm³/mol. The lowest BCUT2D eigenvalue weighted by atomic mass is 9.68. The van der Waals surface area contributed by atoms with E-state index in [1.54, 1.807) is 6.07 Å². The number of benzene rings is 4. The highest BCUT2D eigenvalue weighted by atomic mass is 32.2. The van der Waals surface area contributed by atoms with Crippen LogP contribution in [-0.2, 0) is 20.6 Å². The number of amides is 3. The Bertz CT molecular complexity index is 2320. The second-order valence-corrected chi connectivity index (χ2v) is 15.6. The molecule has 3 amide bonds. The van der Waals surface area contributed by atoms with Gasteiger partial charge in [0.25, 0.3) is 5.91 Å². The van der Waals surface area contributed by atoms with Crippen molar-refractivity contribution in [2.75, 3.05) is 16.8 Å². The van der Waals surface area contributed by atoms with E-state index in [4.69, 9.17) is 4.74 Å². The molecule has 8 nitrogen and oxygen atoms in total. The first-order valence-corrected chi connectivity index (χ1v) is 18.2. The average molecular weight is 728 g/mol. The fourth-order valence-electron chi connectivity index (χ4n) is 9.00. The number of hydrogen-bond donors (Lipinski definition) is 2. The third-order valence-electron chi connectivity index (χ3n) is 10.8. The fraction of sp³-hybridized carbons (Fsp3) is 0.263. The first-order valence-electron chi connectivity index (χ1n) is 16.5. The van der Waals surface area contributed by atoms with Crippen LogP contribution in [0.5, 0.6) is 5.75 Å². The maximum absolute atomic E-state index is 14.1. The summed E-state index contributed by atoms with van der Waals surface area (Å²) >= 11 is 2.60. The Kier molecular flexibility index (Phi) is 7.44. The molecule has 0 spiro atoms. The Morgan fingerprint density at radius 3 is 2.45 bits per heavy atom. The number of imide groups is 1. The van der Waals surface area contributed by atoms with Crippen molar-refractivity contribution in [1.29, 1.82) is 0 Å². The van der Waals surface area contributed by atoms with Crippen molar-refractivity contribution in [3.05, 3.63) is 117 Å². The number of carbonyl (C=O) groups is 3. The Labute approximate surface area is 297 Å².